The average Bonchev–Trinajstić information content (AvgIpc) is 3.01. The van der Waals surface area contributed by atoms with Crippen molar-refractivity contribution in [1.29, 1.82) is 0 Å². The van der Waals surface area contributed by atoms with Gasteiger partial charge in [0.2, 0.25) is 0 Å². The molecule has 122 valence electrons. The first-order valence-electron chi connectivity index (χ1n) is 7.55. The maximum absolute atomic E-state index is 12.2. The van der Waals surface area contributed by atoms with Gasteiger partial charge in [-0.05, 0) is 18.9 Å². The molecule has 2 N–H and O–H groups in total. The number of anilines is 2. The molecule has 0 bridgehead atoms. The number of amides is 1. The van der Waals surface area contributed by atoms with Crippen molar-refractivity contribution in [2.75, 3.05) is 11.9 Å². The number of nitrogens with zero attached hydrogens (tertiary/aromatic N) is 3. The molecule has 0 aliphatic heterocycles. The molecule has 1 aromatic carbocycles. The van der Waals surface area contributed by atoms with E-state index in [4.69, 9.17) is 4.52 Å². The highest BCUT2D eigenvalue weighted by Gasteiger charge is 2.09. The number of carbonyl (C=O) groups excluding carboxylic acids is 1. The number of aromatic nitrogens is 3. The van der Waals surface area contributed by atoms with Crippen LogP contribution in [0.25, 0.3) is 0 Å². The number of rotatable bonds is 6. The molecule has 0 fully saturated rings. The van der Waals surface area contributed by atoms with Gasteiger partial charge in [-0.15, -0.1) is 0 Å². The Morgan fingerprint density at radius 1 is 1.12 bits per heavy atom. The van der Waals surface area contributed by atoms with Gasteiger partial charge in [0.1, 0.15) is 23.6 Å². The van der Waals surface area contributed by atoms with E-state index in [1.165, 1.54) is 11.9 Å². The maximum atomic E-state index is 12.2. The van der Waals surface area contributed by atoms with Crippen LogP contribution in [0.3, 0.4) is 0 Å². The summed E-state index contributed by atoms with van der Waals surface area (Å²) in [6.07, 6.45) is 2.10. The molecule has 2 heterocycles. The predicted octanol–water partition coefficient (Wildman–Crippen LogP) is 2.49. The van der Waals surface area contributed by atoms with E-state index in [2.05, 4.69) is 25.8 Å². The van der Waals surface area contributed by atoms with Crippen molar-refractivity contribution in [3.8, 4) is 0 Å². The van der Waals surface area contributed by atoms with Crippen LogP contribution in [-0.4, -0.2) is 27.6 Å². The third-order valence-corrected chi connectivity index (χ3v) is 3.33. The number of nitrogens with one attached hydrogen (secondary N) is 2. The zero-order valence-electron chi connectivity index (χ0n) is 13.2. The fraction of sp³-hybridized carbons (Fsp3) is 0.176. The van der Waals surface area contributed by atoms with E-state index >= 15 is 0 Å². The molecule has 0 spiro atoms. The number of aryl methyl sites for hydroxylation is 1. The van der Waals surface area contributed by atoms with Gasteiger partial charge in [0.15, 0.2) is 5.82 Å². The van der Waals surface area contributed by atoms with Gasteiger partial charge in [0.25, 0.3) is 5.91 Å². The molecule has 2 aromatic heterocycles. The monoisotopic (exact) mass is 323 g/mol. The summed E-state index contributed by atoms with van der Waals surface area (Å²) in [6.45, 7) is 2.34. The highest BCUT2D eigenvalue weighted by atomic mass is 16.5. The second kappa shape index (κ2) is 7.36. The number of carbonyl (C=O) groups is 1. The topological polar surface area (TPSA) is 92.9 Å². The van der Waals surface area contributed by atoms with Crippen LogP contribution in [0.15, 0.2) is 53.3 Å². The van der Waals surface area contributed by atoms with Crippen molar-refractivity contribution in [1.82, 2.24) is 20.4 Å². The van der Waals surface area contributed by atoms with Crippen LogP contribution in [-0.2, 0) is 6.42 Å². The molecule has 7 nitrogen and oxygen atoms in total. The van der Waals surface area contributed by atoms with Gasteiger partial charge in [-0.25, -0.2) is 9.97 Å². The van der Waals surface area contributed by atoms with Crippen molar-refractivity contribution >= 4 is 17.5 Å². The molecule has 0 aliphatic rings. The molecule has 0 atom stereocenters. The van der Waals surface area contributed by atoms with Gasteiger partial charge in [-0.3, -0.25) is 4.79 Å². The third kappa shape index (κ3) is 4.16. The summed E-state index contributed by atoms with van der Waals surface area (Å²) in [5.41, 5.74) is 1.46. The minimum Gasteiger partial charge on any atom is -0.360 e. The second-order valence-electron chi connectivity index (χ2n) is 5.23. The summed E-state index contributed by atoms with van der Waals surface area (Å²) in [6, 6.07) is 13.3. The van der Waals surface area contributed by atoms with Crippen molar-refractivity contribution in [3.63, 3.8) is 0 Å². The summed E-state index contributed by atoms with van der Waals surface area (Å²) in [4.78, 5) is 20.3. The van der Waals surface area contributed by atoms with Crippen LogP contribution in [0.4, 0.5) is 11.6 Å². The summed E-state index contributed by atoms with van der Waals surface area (Å²) >= 11 is 0. The Balaban J connectivity index is 1.57. The molecule has 0 saturated heterocycles. The summed E-state index contributed by atoms with van der Waals surface area (Å²) in [5, 5.41) is 9.64. The molecular weight excluding hydrogens is 306 g/mol. The van der Waals surface area contributed by atoms with Gasteiger partial charge in [0, 0.05) is 18.7 Å². The van der Waals surface area contributed by atoms with Crippen molar-refractivity contribution in [3.05, 3.63) is 65.8 Å². The highest BCUT2D eigenvalue weighted by molar-refractivity contribution is 5.92. The first-order chi connectivity index (χ1) is 11.7. The zero-order chi connectivity index (χ0) is 16.8. The lowest BCUT2D eigenvalue weighted by atomic mass is 10.1. The SMILES string of the molecule is Cc1cc(Nc2cc(C(=O)NCCc3ccccc3)ncn2)no1. The second-order valence-corrected chi connectivity index (χ2v) is 5.23. The third-order valence-electron chi connectivity index (χ3n) is 3.33. The normalized spacial score (nSPS) is 10.4. The maximum Gasteiger partial charge on any atom is 0.270 e. The lowest BCUT2D eigenvalue weighted by molar-refractivity contribution is 0.0949. The Hall–Kier alpha value is -3.22. The van der Waals surface area contributed by atoms with E-state index in [-0.39, 0.29) is 5.91 Å². The molecule has 1 amide bonds. The average molecular weight is 323 g/mol. The number of hydrogen-bond donors (Lipinski definition) is 2. The van der Waals surface area contributed by atoms with Crippen molar-refractivity contribution < 1.29 is 9.32 Å². The van der Waals surface area contributed by atoms with Crippen LogP contribution in [0.2, 0.25) is 0 Å². The molecule has 0 radical (unpaired) electrons. The van der Waals surface area contributed by atoms with E-state index in [0.29, 0.717) is 29.6 Å². The van der Waals surface area contributed by atoms with Gasteiger partial charge < -0.3 is 15.2 Å². The van der Waals surface area contributed by atoms with Gasteiger partial charge in [-0.1, -0.05) is 35.5 Å². The first-order valence-corrected chi connectivity index (χ1v) is 7.55. The largest absolute Gasteiger partial charge is 0.360 e. The van der Waals surface area contributed by atoms with Gasteiger partial charge in [-0.2, -0.15) is 0 Å². The number of benzene rings is 1. The molecule has 0 unspecified atom stereocenters. The van der Waals surface area contributed by atoms with E-state index < -0.39 is 0 Å². The van der Waals surface area contributed by atoms with E-state index in [0.717, 1.165) is 6.42 Å². The fourth-order valence-corrected chi connectivity index (χ4v) is 2.16. The molecule has 0 saturated carbocycles. The van der Waals surface area contributed by atoms with Crippen LogP contribution < -0.4 is 10.6 Å². The van der Waals surface area contributed by atoms with Crippen LogP contribution >= 0.6 is 0 Å². The Morgan fingerprint density at radius 3 is 2.71 bits per heavy atom. The van der Waals surface area contributed by atoms with E-state index in [1.54, 1.807) is 19.1 Å². The Kier molecular flexibility index (Phi) is 4.81. The smallest absolute Gasteiger partial charge is 0.270 e. The van der Waals surface area contributed by atoms with Crippen molar-refractivity contribution in [2.24, 2.45) is 0 Å². The molecule has 0 aliphatic carbocycles. The van der Waals surface area contributed by atoms with E-state index in [9.17, 15) is 4.79 Å². The minimum absolute atomic E-state index is 0.243. The lowest BCUT2D eigenvalue weighted by Gasteiger charge is -2.06. The van der Waals surface area contributed by atoms with Crippen molar-refractivity contribution in [2.45, 2.75) is 13.3 Å². The standard InChI is InChI=1S/C17H17N5O2/c1-12-9-16(22-24-12)21-15-10-14(19-11-20-15)17(23)18-8-7-13-5-3-2-4-6-13/h2-6,9-11H,7-8H2,1H3,(H,18,23)(H,19,20,21,22). The van der Waals surface area contributed by atoms with Crippen LogP contribution in [0, 0.1) is 6.92 Å². The van der Waals surface area contributed by atoms with Crippen LogP contribution in [0.1, 0.15) is 21.8 Å². The fourth-order valence-electron chi connectivity index (χ4n) is 2.16. The first kappa shape index (κ1) is 15.7. The molecular formula is C17H17N5O2. The Labute approximate surface area is 139 Å². The zero-order valence-corrected chi connectivity index (χ0v) is 13.2. The molecule has 7 heteroatoms. The highest BCUT2D eigenvalue weighted by Crippen LogP contribution is 2.14. The summed E-state index contributed by atoms with van der Waals surface area (Å²) < 4.78 is 4.97. The Bertz CT molecular complexity index is 817. The van der Waals surface area contributed by atoms with Crippen LogP contribution in [0.5, 0.6) is 0 Å². The molecule has 3 rings (SSSR count). The van der Waals surface area contributed by atoms with E-state index in [1.807, 2.05) is 30.3 Å². The van der Waals surface area contributed by atoms with Gasteiger partial charge in [0.05, 0.1) is 0 Å². The summed E-state index contributed by atoms with van der Waals surface area (Å²) in [5.74, 6) is 1.45. The summed E-state index contributed by atoms with van der Waals surface area (Å²) in [7, 11) is 0. The Morgan fingerprint density at radius 2 is 1.96 bits per heavy atom. The van der Waals surface area contributed by atoms with Gasteiger partial charge >= 0.3 is 0 Å². The number of hydrogen-bond acceptors (Lipinski definition) is 6. The molecule has 24 heavy (non-hydrogen) atoms. The molecule has 3 aromatic rings. The predicted molar refractivity (Wildman–Crippen MR) is 89.0 cm³/mol. The lowest BCUT2D eigenvalue weighted by Crippen LogP contribution is -2.26. The minimum atomic E-state index is -0.243. The quantitative estimate of drug-likeness (QED) is 0.724.